The first-order valence-electron chi connectivity index (χ1n) is 12.9. The maximum atomic E-state index is 12.1. The Bertz CT molecular complexity index is 1160. The fourth-order valence-corrected chi connectivity index (χ4v) is 5.36. The summed E-state index contributed by atoms with van der Waals surface area (Å²) in [6.45, 7) is 0.800. The molecule has 0 bridgehead atoms. The lowest BCUT2D eigenvalue weighted by molar-refractivity contribution is 0.1000. The van der Waals surface area contributed by atoms with Gasteiger partial charge in [-0.3, -0.25) is 9.48 Å². The minimum Gasteiger partial charge on any atom is -0.368 e. The second-order valence-corrected chi connectivity index (χ2v) is 10.3. The minimum atomic E-state index is -0.490. The van der Waals surface area contributed by atoms with E-state index >= 15 is 0 Å². The maximum Gasteiger partial charge on any atom is 0.254 e. The zero-order chi connectivity index (χ0) is 25.0. The Hall–Kier alpha value is -3.63. The highest BCUT2D eigenvalue weighted by molar-refractivity contribution is 5.97. The summed E-state index contributed by atoms with van der Waals surface area (Å²) >= 11 is 0. The predicted molar refractivity (Wildman–Crippen MR) is 140 cm³/mol. The van der Waals surface area contributed by atoms with Gasteiger partial charge in [0.25, 0.3) is 5.91 Å². The average Bonchev–Trinajstić information content (AvgIpc) is 3.64. The number of nitrogens with two attached hydrogens (primary N) is 1. The SMILES string of the molecule is N#CCC1(n2cc(C(N)=O)c(NCC3CC3)n2)CCC(NC(c2ccccc2)c2ccccc2)CC1. The number of carbonyl (C=O) groups is 1. The van der Waals surface area contributed by atoms with E-state index in [1.807, 2.05) is 16.8 Å². The zero-order valence-electron chi connectivity index (χ0n) is 20.6. The van der Waals surface area contributed by atoms with E-state index in [0.29, 0.717) is 29.8 Å². The Balaban J connectivity index is 1.34. The van der Waals surface area contributed by atoms with E-state index in [2.05, 4.69) is 65.2 Å². The van der Waals surface area contributed by atoms with E-state index in [0.717, 1.165) is 32.2 Å². The molecule has 186 valence electrons. The predicted octanol–water partition coefficient (Wildman–Crippen LogP) is 4.73. The molecule has 0 unspecified atom stereocenters. The summed E-state index contributed by atoms with van der Waals surface area (Å²) in [4.78, 5) is 12.1. The first-order valence-corrected chi connectivity index (χ1v) is 12.9. The highest BCUT2D eigenvalue weighted by Gasteiger charge is 2.39. The molecule has 0 atom stereocenters. The number of nitrogens with zero attached hydrogens (tertiary/aromatic N) is 3. The van der Waals surface area contributed by atoms with Crippen LogP contribution in [0.3, 0.4) is 0 Å². The summed E-state index contributed by atoms with van der Waals surface area (Å²) in [5, 5.41) is 21.7. The first-order chi connectivity index (χ1) is 17.6. The Morgan fingerprint density at radius 1 is 1.06 bits per heavy atom. The number of benzene rings is 2. The number of hydrogen-bond donors (Lipinski definition) is 3. The number of anilines is 1. The molecule has 7 heteroatoms. The summed E-state index contributed by atoms with van der Waals surface area (Å²) in [5.74, 6) is 0.698. The molecular formula is C29H34N6O. The second kappa shape index (κ2) is 10.5. The molecule has 0 radical (unpaired) electrons. The van der Waals surface area contributed by atoms with Crippen molar-refractivity contribution in [3.8, 4) is 6.07 Å². The molecule has 2 aromatic carbocycles. The molecule has 2 saturated carbocycles. The summed E-state index contributed by atoms with van der Waals surface area (Å²) in [5.41, 5.74) is 8.12. The number of rotatable bonds is 10. The van der Waals surface area contributed by atoms with E-state index in [4.69, 9.17) is 10.8 Å². The van der Waals surface area contributed by atoms with Gasteiger partial charge in [-0.05, 0) is 55.6 Å². The van der Waals surface area contributed by atoms with Crippen molar-refractivity contribution in [2.75, 3.05) is 11.9 Å². The molecule has 36 heavy (non-hydrogen) atoms. The Morgan fingerprint density at radius 3 is 2.19 bits per heavy atom. The smallest absolute Gasteiger partial charge is 0.254 e. The molecule has 4 N–H and O–H groups in total. The van der Waals surface area contributed by atoms with Crippen LogP contribution in [0.15, 0.2) is 66.9 Å². The lowest BCUT2D eigenvalue weighted by atomic mass is 9.77. The third-order valence-corrected chi connectivity index (χ3v) is 7.71. The molecule has 3 aromatic rings. The third-order valence-electron chi connectivity index (χ3n) is 7.71. The van der Waals surface area contributed by atoms with E-state index in [1.54, 1.807) is 6.20 Å². The van der Waals surface area contributed by atoms with Crippen LogP contribution in [0.5, 0.6) is 0 Å². The molecule has 2 fully saturated rings. The van der Waals surface area contributed by atoms with Gasteiger partial charge in [0.05, 0.1) is 24.1 Å². The first kappa shape index (κ1) is 24.1. The van der Waals surface area contributed by atoms with E-state index in [1.165, 1.54) is 24.0 Å². The van der Waals surface area contributed by atoms with E-state index in [9.17, 15) is 10.1 Å². The Morgan fingerprint density at radius 2 is 1.67 bits per heavy atom. The van der Waals surface area contributed by atoms with E-state index < -0.39 is 11.4 Å². The lowest BCUT2D eigenvalue weighted by Gasteiger charge is -2.40. The van der Waals surface area contributed by atoms with Gasteiger partial charge in [0.2, 0.25) is 0 Å². The van der Waals surface area contributed by atoms with Crippen molar-refractivity contribution < 1.29 is 4.79 Å². The van der Waals surface area contributed by atoms with Crippen LogP contribution in [-0.4, -0.2) is 28.3 Å². The quantitative estimate of drug-likeness (QED) is 0.387. The summed E-state index contributed by atoms with van der Waals surface area (Å²) in [6.07, 6.45) is 7.94. The Kier molecular flexibility index (Phi) is 7.06. The molecule has 0 spiro atoms. The van der Waals surface area contributed by atoms with Gasteiger partial charge in [-0.1, -0.05) is 60.7 Å². The van der Waals surface area contributed by atoms with Crippen LogP contribution in [0, 0.1) is 17.2 Å². The fraction of sp³-hybridized carbons (Fsp3) is 0.414. The molecule has 1 heterocycles. The monoisotopic (exact) mass is 482 g/mol. The lowest BCUT2D eigenvalue weighted by Crippen LogP contribution is -2.44. The van der Waals surface area contributed by atoms with Gasteiger partial charge in [-0.15, -0.1) is 0 Å². The molecular weight excluding hydrogens is 448 g/mol. The van der Waals surface area contributed by atoms with Crippen LogP contribution in [0.1, 0.15) is 72.5 Å². The molecule has 1 amide bonds. The average molecular weight is 483 g/mol. The standard InChI is InChI=1S/C29H34N6O/c30-18-17-29(35-20-25(27(31)36)28(34-35)32-19-21-11-12-21)15-13-24(14-16-29)33-26(22-7-3-1-4-8-22)23-9-5-2-6-10-23/h1-10,20-21,24,26,33H,11-17,19H2,(H2,31,36)(H,32,34). The largest absolute Gasteiger partial charge is 0.368 e. The number of nitriles is 1. The number of carbonyl (C=O) groups excluding carboxylic acids is 1. The van der Waals surface area contributed by atoms with Crippen molar-refractivity contribution in [2.24, 2.45) is 11.7 Å². The molecule has 1 aromatic heterocycles. The third kappa shape index (κ3) is 5.29. The highest BCUT2D eigenvalue weighted by atomic mass is 16.1. The molecule has 2 aliphatic carbocycles. The van der Waals surface area contributed by atoms with Crippen LogP contribution in [0.4, 0.5) is 5.82 Å². The number of amides is 1. The van der Waals surface area contributed by atoms with Crippen molar-refractivity contribution in [3.05, 3.63) is 83.6 Å². The van der Waals surface area contributed by atoms with Gasteiger partial charge in [0.1, 0.15) is 5.56 Å². The van der Waals surface area contributed by atoms with Crippen molar-refractivity contribution in [1.82, 2.24) is 15.1 Å². The van der Waals surface area contributed by atoms with Gasteiger partial charge in [0.15, 0.2) is 5.82 Å². The summed E-state index contributed by atoms with van der Waals surface area (Å²) in [7, 11) is 0. The number of primary amides is 1. The molecule has 5 rings (SSSR count). The van der Waals surface area contributed by atoms with Crippen LogP contribution in [0.25, 0.3) is 0 Å². The van der Waals surface area contributed by atoms with Crippen LogP contribution in [-0.2, 0) is 5.54 Å². The zero-order valence-corrected chi connectivity index (χ0v) is 20.6. The minimum absolute atomic E-state index is 0.102. The van der Waals surface area contributed by atoms with Crippen LogP contribution >= 0.6 is 0 Å². The number of aromatic nitrogens is 2. The second-order valence-electron chi connectivity index (χ2n) is 10.3. The molecule has 2 aliphatic rings. The van der Waals surface area contributed by atoms with Crippen LogP contribution < -0.4 is 16.4 Å². The van der Waals surface area contributed by atoms with Gasteiger partial charge in [0, 0.05) is 18.8 Å². The fourth-order valence-electron chi connectivity index (χ4n) is 5.36. The van der Waals surface area contributed by atoms with Gasteiger partial charge in [-0.25, -0.2) is 0 Å². The molecule has 0 saturated heterocycles. The summed E-state index contributed by atoms with van der Waals surface area (Å²) in [6, 6.07) is 23.9. The van der Waals surface area contributed by atoms with Crippen molar-refractivity contribution >= 4 is 11.7 Å². The molecule has 7 nitrogen and oxygen atoms in total. The Labute approximate surface area is 212 Å². The van der Waals surface area contributed by atoms with E-state index in [-0.39, 0.29) is 6.04 Å². The van der Waals surface area contributed by atoms with Crippen molar-refractivity contribution in [2.45, 2.75) is 62.6 Å². The van der Waals surface area contributed by atoms with Crippen LogP contribution in [0.2, 0.25) is 0 Å². The summed E-state index contributed by atoms with van der Waals surface area (Å²) < 4.78 is 1.85. The highest BCUT2D eigenvalue weighted by Crippen LogP contribution is 2.39. The maximum absolute atomic E-state index is 12.1. The van der Waals surface area contributed by atoms with Gasteiger partial charge >= 0.3 is 0 Å². The van der Waals surface area contributed by atoms with Gasteiger partial charge in [-0.2, -0.15) is 10.4 Å². The van der Waals surface area contributed by atoms with Crippen molar-refractivity contribution in [1.29, 1.82) is 5.26 Å². The normalized spacial score (nSPS) is 21.7. The van der Waals surface area contributed by atoms with Crippen molar-refractivity contribution in [3.63, 3.8) is 0 Å². The number of hydrogen-bond acceptors (Lipinski definition) is 5. The van der Waals surface area contributed by atoms with Gasteiger partial charge < -0.3 is 16.4 Å². The topological polar surface area (TPSA) is 109 Å². The number of nitrogens with one attached hydrogen (secondary N) is 2. The molecule has 0 aliphatic heterocycles.